The molecule has 2 aromatic rings. The first-order chi connectivity index (χ1) is 9.77. The van der Waals surface area contributed by atoms with Gasteiger partial charge in [0, 0.05) is 6.26 Å². The summed E-state index contributed by atoms with van der Waals surface area (Å²) < 4.78 is 22.8. The first-order valence-electron chi connectivity index (χ1n) is 6.53. The summed E-state index contributed by atoms with van der Waals surface area (Å²) in [7, 11) is -1.40. The number of benzene rings is 1. The van der Waals surface area contributed by atoms with Crippen LogP contribution in [0.3, 0.4) is 0 Å². The molecule has 1 aromatic heterocycles. The molecule has 0 radical (unpaired) electrons. The first-order valence-corrected chi connectivity index (χ1v) is 9.24. The molecule has 0 aliphatic heterocycles. The molecule has 0 fully saturated rings. The molecule has 114 valence electrons. The van der Waals surface area contributed by atoms with E-state index in [9.17, 15) is 8.42 Å². The largest absolute Gasteiger partial charge is 0.307 e. The molecule has 1 atom stereocenters. The van der Waals surface area contributed by atoms with Gasteiger partial charge in [0.2, 0.25) is 0 Å². The Morgan fingerprint density at radius 3 is 2.33 bits per heavy atom. The summed E-state index contributed by atoms with van der Waals surface area (Å²) >= 11 is 1.33. The van der Waals surface area contributed by atoms with Crippen molar-refractivity contribution in [3.8, 4) is 0 Å². The van der Waals surface area contributed by atoms with Crippen LogP contribution in [-0.4, -0.2) is 31.9 Å². The van der Waals surface area contributed by atoms with Crippen LogP contribution in [0.5, 0.6) is 0 Å². The van der Waals surface area contributed by atoms with Crippen molar-refractivity contribution in [1.29, 1.82) is 0 Å². The fraction of sp³-hybridized carbons (Fsp3) is 0.429. The Labute approximate surface area is 129 Å². The highest BCUT2D eigenvalue weighted by molar-refractivity contribution is 7.91. The van der Waals surface area contributed by atoms with Gasteiger partial charge < -0.3 is 5.32 Å². The van der Waals surface area contributed by atoms with E-state index in [0.717, 1.165) is 10.6 Å². The molecule has 0 amide bonds. The smallest absolute Gasteiger partial charge is 0.159 e. The quantitative estimate of drug-likeness (QED) is 0.912. The minimum atomic E-state index is -3.25. The van der Waals surface area contributed by atoms with Crippen LogP contribution in [0.15, 0.2) is 30.3 Å². The Hall–Kier alpha value is -1.31. The molecule has 1 aromatic carbocycles. The van der Waals surface area contributed by atoms with Crippen molar-refractivity contribution in [2.45, 2.75) is 24.6 Å². The summed E-state index contributed by atoms with van der Waals surface area (Å²) in [6.45, 7) is 3.31. The lowest BCUT2D eigenvalue weighted by Gasteiger charge is -2.18. The molecule has 1 N–H and O–H groups in total. The number of aromatic nitrogens is 2. The van der Waals surface area contributed by atoms with Crippen molar-refractivity contribution >= 4 is 21.2 Å². The van der Waals surface area contributed by atoms with Crippen LogP contribution in [0.1, 0.15) is 35.5 Å². The summed E-state index contributed by atoms with van der Waals surface area (Å²) in [5, 5.41) is 12.7. The van der Waals surface area contributed by atoms with Crippen LogP contribution in [0.25, 0.3) is 0 Å². The van der Waals surface area contributed by atoms with E-state index in [2.05, 4.69) is 15.5 Å². The third-order valence-corrected chi connectivity index (χ3v) is 7.04. The third-order valence-electron chi connectivity index (χ3n) is 3.55. The molecule has 0 spiro atoms. The number of rotatable bonds is 5. The highest BCUT2D eigenvalue weighted by atomic mass is 32.2. The Morgan fingerprint density at radius 2 is 1.81 bits per heavy atom. The van der Waals surface area contributed by atoms with E-state index >= 15 is 0 Å². The fourth-order valence-electron chi connectivity index (χ4n) is 1.83. The fourth-order valence-corrected chi connectivity index (χ4v) is 3.75. The predicted octanol–water partition coefficient (Wildman–Crippen LogP) is 2.13. The monoisotopic (exact) mass is 325 g/mol. The van der Waals surface area contributed by atoms with Crippen LogP contribution >= 0.6 is 11.3 Å². The average Bonchev–Trinajstić information content (AvgIpc) is 2.90. The van der Waals surface area contributed by atoms with Crippen molar-refractivity contribution in [3.05, 3.63) is 45.9 Å². The molecule has 2 rings (SSSR count). The van der Waals surface area contributed by atoms with Gasteiger partial charge in [-0.05, 0) is 26.5 Å². The SMILES string of the molecule is CNC(c1ccccc1)c1nnc(C(C)(C)S(C)(=O)=O)s1. The molecule has 0 aliphatic carbocycles. The molecule has 0 saturated carbocycles. The molecule has 0 aliphatic rings. The van der Waals surface area contributed by atoms with Gasteiger partial charge in [-0.15, -0.1) is 10.2 Å². The van der Waals surface area contributed by atoms with Crippen LogP contribution in [0.2, 0.25) is 0 Å². The predicted molar refractivity (Wildman–Crippen MR) is 85.1 cm³/mol. The Kier molecular flexibility index (Phi) is 4.46. The summed E-state index contributed by atoms with van der Waals surface area (Å²) in [6, 6.07) is 9.79. The number of sulfone groups is 1. The minimum Gasteiger partial charge on any atom is -0.307 e. The zero-order valence-corrected chi connectivity index (χ0v) is 14.1. The molecule has 5 nitrogen and oxygen atoms in total. The molecule has 1 unspecified atom stereocenters. The standard InChI is InChI=1S/C14H19N3O2S2/c1-14(2,21(4,18)19)13-17-16-12(20-13)11(15-3)10-8-6-5-7-9-10/h5-9,11,15H,1-4H3. The number of nitrogens with one attached hydrogen (secondary N) is 1. The summed E-state index contributed by atoms with van der Waals surface area (Å²) in [4.78, 5) is 0. The van der Waals surface area contributed by atoms with Crippen LogP contribution < -0.4 is 5.32 Å². The molecule has 21 heavy (non-hydrogen) atoms. The number of nitrogens with zero attached hydrogens (tertiary/aromatic N) is 2. The summed E-state index contributed by atoms with van der Waals surface area (Å²) in [5.74, 6) is 0. The van der Waals surface area contributed by atoms with Crippen molar-refractivity contribution in [2.75, 3.05) is 13.3 Å². The van der Waals surface area contributed by atoms with E-state index in [1.165, 1.54) is 17.6 Å². The lowest BCUT2D eigenvalue weighted by atomic mass is 10.1. The van der Waals surface area contributed by atoms with Crippen molar-refractivity contribution < 1.29 is 8.42 Å². The zero-order chi connectivity index (χ0) is 15.7. The van der Waals surface area contributed by atoms with Crippen molar-refractivity contribution in [3.63, 3.8) is 0 Å². The lowest BCUT2D eigenvalue weighted by molar-refractivity contribution is 0.558. The average molecular weight is 325 g/mol. The maximum atomic E-state index is 11.9. The van der Waals surface area contributed by atoms with Gasteiger partial charge in [0.25, 0.3) is 0 Å². The van der Waals surface area contributed by atoms with Gasteiger partial charge >= 0.3 is 0 Å². The lowest BCUT2D eigenvalue weighted by Crippen LogP contribution is -2.27. The molecule has 0 bridgehead atoms. The normalized spacial score (nSPS) is 14.1. The van der Waals surface area contributed by atoms with Crippen molar-refractivity contribution in [1.82, 2.24) is 15.5 Å². The van der Waals surface area contributed by atoms with E-state index in [-0.39, 0.29) is 6.04 Å². The third kappa shape index (κ3) is 3.14. The second kappa shape index (κ2) is 5.82. The molecule has 7 heteroatoms. The highest BCUT2D eigenvalue weighted by Gasteiger charge is 2.36. The molecular weight excluding hydrogens is 306 g/mol. The Morgan fingerprint density at radius 1 is 1.19 bits per heavy atom. The molecule has 1 heterocycles. The Balaban J connectivity index is 2.40. The maximum absolute atomic E-state index is 11.9. The van der Waals surface area contributed by atoms with Crippen LogP contribution in [0.4, 0.5) is 0 Å². The number of hydrogen-bond acceptors (Lipinski definition) is 6. The van der Waals surface area contributed by atoms with Crippen LogP contribution in [0, 0.1) is 0 Å². The van der Waals surface area contributed by atoms with Gasteiger partial charge in [0.05, 0.1) is 6.04 Å². The minimum absolute atomic E-state index is 0.0900. The van der Waals surface area contributed by atoms with E-state index in [4.69, 9.17) is 0 Å². The molecular formula is C14H19N3O2S2. The molecule has 0 saturated heterocycles. The van der Waals surface area contributed by atoms with Gasteiger partial charge in [-0.2, -0.15) is 0 Å². The van der Waals surface area contributed by atoms with Gasteiger partial charge in [0.1, 0.15) is 14.8 Å². The number of hydrogen-bond donors (Lipinski definition) is 1. The second-order valence-electron chi connectivity index (χ2n) is 5.36. The second-order valence-corrected chi connectivity index (χ2v) is 8.93. The van der Waals surface area contributed by atoms with Crippen molar-refractivity contribution in [2.24, 2.45) is 0 Å². The summed E-state index contributed by atoms with van der Waals surface area (Å²) in [5.41, 5.74) is 1.07. The maximum Gasteiger partial charge on any atom is 0.159 e. The van der Waals surface area contributed by atoms with Gasteiger partial charge in [0.15, 0.2) is 9.84 Å². The van der Waals surface area contributed by atoms with E-state index < -0.39 is 14.6 Å². The highest BCUT2D eigenvalue weighted by Crippen LogP contribution is 2.34. The first kappa shape index (κ1) is 16.1. The van der Waals surface area contributed by atoms with Gasteiger partial charge in [-0.3, -0.25) is 0 Å². The van der Waals surface area contributed by atoms with Gasteiger partial charge in [-0.25, -0.2) is 8.42 Å². The van der Waals surface area contributed by atoms with Gasteiger partial charge in [-0.1, -0.05) is 41.7 Å². The van der Waals surface area contributed by atoms with Crippen LogP contribution in [-0.2, 0) is 14.6 Å². The van der Waals surface area contributed by atoms with E-state index in [1.54, 1.807) is 13.8 Å². The summed E-state index contributed by atoms with van der Waals surface area (Å²) in [6.07, 6.45) is 1.22. The van der Waals surface area contributed by atoms with E-state index in [1.807, 2.05) is 37.4 Å². The van der Waals surface area contributed by atoms with E-state index in [0.29, 0.717) is 5.01 Å². The Bertz CT molecular complexity index is 709. The topological polar surface area (TPSA) is 72.0 Å². The zero-order valence-electron chi connectivity index (χ0n) is 12.5.